The van der Waals surface area contributed by atoms with Crippen molar-refractivity contribution in [1.82, 2.24) is 4.98 Å². The van der Waals surface area contributed by atoms with Crippen molar-refractivity contribution in [2.45, 2.75) is 19.8 Å². The van der Waals surface area contributed by atoms with Gasteiger partial charge in [0.05, 0.1) is 31.8 Å². The van der Waals surface area contributed by atoms with Gasteiger partial charge in [-0.1, -0.05) is 32.0 Å². The normalized spacial score (nSPS) is 10.5. The van der Waals surface area contributed by atoms with Crippen LogP contribution in [0.4, 0.5) is 17.1 Å². The minimum Gasteiger partial charge on any atom is -0.497 e. The molecule has 6 heteroatoms. The van der Waals surface area contributed by atoms with Gasteiger partial charge in [0.1, 0.15) is 17.2 Å². The zero-order valence-electron chi connectivity index (χ0n) is 17.0. The lowest BCUT2D eigenvalue weighted by Gasteiger charge is -2.14. The van der Waals surface area contributed by atoms with Crippen molar-refractivity contribution in [1.29, 1.82) is 0 Å². The van der Waals surface area contributed by atoms with Crippen LogP contribution in [0.1, 0.15) is 35.8 Å². The van der Waals surface area contributed by atoms with Gasteiger partial charge >= 0.3 is 0 Å². The van der Waals surface area contributed by atoms with E-state index in [4.69, 9.17) is 9.47 Å². The van der Waals surface area contributed by atoms with Crippen molar-refractivity contribution in [3.05, 3.63) is 72.1 Å². The summed E-state index contributed by atoms with van der Waals surface area (Å²) in [6, 6.07) is 16.8. The van der Waals surface area contributed by atoms with Gasteiger partial charge in [-0.3, -0.25) is 4.79 Å². The Morgan fingerprint density at radius 3 is 2.41 bits per heavy atom. The maximum absolute atomic E-state index is 12.6. The van der Waals surface area contributed by atoms with Crippen molar-refractivity contribution >= 4 is 23.0 Å². The van der Waals surface area contributed by atoms with Crippen LogP contribution in [0.15, 0.2) is 60.8 Å². The summed E-state index contributed by atoms with van der Waals surface area (Å²) in [6.45, 7) is 4.19. The molecule has 0 atom stereocenters. The van der Waals surface area contributed by atoms with E-state index in [0.717, 1.165) is 22.6 Å². The van der Waals surface area contributed by atoms with Crippen LogP contribution in [0.25, 0.3) is 0 Å². The average Bonchev–Trinajstić information content (AvgIpc) is 2.74. The second-order valence-electron chi connectivity index (χ2n) is 6.82. The highest BCUT2D eigenvalue weighted by Gasteiger charge is 2.12. The first-order valence-corrected chi connectivity index (χ1v) is 9.37. The van der Waals surface area contributed by atoms with E-state index in [1.165, 1.54) is 0 Å². The number of pyridine rings is 1. The second kappa shape index (κ2) is 9.10. The number of hydrogen-bond acceptors (Lipinski definition) is 5. The van der Waals surface area contributed by atoms with Crippen molar-refractivity contribution in [3.8, 4) is 11.5 Å². The summed E-state index contributed by atoms with van der Waals surface area (Å²) < 4.78 is 10.6. The number of aromatic nitrogens is 1. The number of para-hydroxylation sites is 1. The summed E-state index contributed by atoms with van der Waals surface area (Å²) in [5.41, 5.74) is 3.71. The predicted octanol–water partition coefficient (Wildman–Crippen LogP) is 5.22. The molecule has 29 heavy (non-hydrogen) atoms. The first-order chi connectivity index (χ1) is 14.0. The largest absolute Gasteiger partial charge is 0.497 e. The van der Waals surface area contributed by atoms with E-state index in [1.807, 2.05) is 42.5 Å². The van der Waals surface area contributed by atoms with E-state index in [9.17, 15) is 4.79 Å². The molecule has 0 radical (unpaired) electrons. The summed E-state index contributed by atoms with van der Waals surface area (Å²) >= 11 is 0. The van der Waals surface area contributed by atoms with E-state index in [-0.39, 0.29) is 5.91 Å². The van der Waals surface area contributed by atoms with E-state index in [0.29, 0.717) is 23.1 Å². The van der Waals surface area contributed by atoms with E-state index in [2.05, 4.69) is 29.5 Å². The molecular weight excluding hydrogens is 366 g/mol. The number of carbonyl (C=O) groups excluding carboxylic acids is 1. The number of ether oxygens (including phenoxy) is 2. The number of methoxy groups -OCH3 is 2. The third-order valence-corrected chi connectivity index (χ3v) is 4.51. The highest BCUT2D eigenvalue weighted by atomic mass is 16.5. The molecule has 1 heterocycles. The van der Waals surface area contributed by atoms with E-state index < -0.39 is 0 Å². The second-order valence-corrected chi connectivity index (χ2v) is 6.82. The molecule has 0 aliphatic heterocycles. The van der Waals surface area contributed by atoms with Gasteiger partial charge in [-0.2, -0.15) is 0 Å². The summed E-state index contributed by atoms with van der Waals surface area (Å²) in [7, 11) is 3.21. The lowest BCUT2D eigenvalue weighted by atomic mass is 10.0. The van der Waals surface area contributed by atoms with Crippen LogP contribution >= 0.6 is 0 Å². The number of benzene rings is 2. The van der Waals surface area contributed by atoms with E-state index >= 15 is 0 Å². The Labute approximate surface area is 170 Å². The minimum atomic E-state index is -0.247. The van der Waals surface area contributed by atoms with Crippen molar-refractivity contribution in [2.75, 3.05) is 24.9 Å². The molecule has 2 N–H and O–H groups in total. The Balaban J connectivity index is 1.75. The Bertz CT molecular complexity index is 985. The zero-order valence-corrected chi connectivity index (χ0v) is 17.0. The molecule has 150 valence electrons. The fourth-order valence-electron chi connectivity index (χ4n) is 2.97. The minimum absolute atomic E-state index is 0.247. The molecule has 3 rings (SSSR count). The molecule has 0 bridgehead atoms. The number of nitrogens with one attached hydrogen (secondary N) is 2. The molecule has 1 amide bonds. The molecule has 2 aromatic carbocycles. The average molecular weight is 391 g/mol. The first-order valence-electron chi connectivity index (χ1n) is 9.37. The van der Waals surface area contributed by atoms with Gasteiger partial charge in [0.2, 0.25) is 0 Å². The Kier molecular flexibility index (Phi) is 6.34. The van der Waals surface area contributed by atoms with Crippen LogP contribution in [0, 0.1) is 0 Å². The van der Waals surface area contributed by atoms with Crippen LogP contribution in [0.2, 0.25) is 0 Å². The lowest BCUT2D eigenvalue weighted by Crippen LogP contribution is -2.15. The van der Waals surface area contributed by atoms with Gasteiger partial charge in [0.15, 0.2) is 0 Å². The highest BCUT2D eigenvalue weighted by molar-refractivity contribution is 6.03. The van der Waals surface area contributed by atoms with Gasteiger partial charge in [0, 0.05) is 11.8 Å². The molecule has 0 saturated heterocycles. The maximum Gasteiger partial charge on any atom is 0.274 e. The number of rotatable bonds is 7. The van der Waals surface area contributed by atoms with Crippen LogP contribution in [-0.4, -0.2) is 25.1 Å². The van der Waals surface area contributed by atoms with Crippen molar-refractivity contribution in [2.24, 2.45) is 0 Å². The van der Waals surface area contributed by atoms with Gasteiger partial charge in [-0.25, -0.2) is 4.98 Å². The summed E-state index contributed by atoms with van der Waals surface area (Å²) in [4.78, 5) is 16.9. The van der Waals surface area contributed by atoms with Gasteiger partial charge in [-0.15, -0.1) is 0 Å². The number of hydrogen-bond donors (Lipinski definition) is 2. The molecule has 0 aliphatic rings. The summed E-state index contributed by atoms with van der Waals surface area (Å²) in [5.74, 6) is 1.45. The number of nitrogens with zero attached hydrogens (tertiary/aromatic N) is 1. The predicted molar refractivity (Wildman–Crippen MR) is 116 cm³/mol. The van der Waals surface area contributed by atoms with E-state index in [1.54, 1.807) is 32.5 Å². The molecule has 0 unspecified atom stereocenters. The third kappa shape index (κ3) is 4.85. The summed E-state index contributed by atoms with van der Waals surface area (Å²) in [6.07, 6.45) is 1.61. The quantitative estimate of drug-likeness (QED) is 0.578. The molecule has 0 aliphatic carbocycles. The molecule has 6 nitrogen and oxygen atoms in total. The number of anilines is 3. The van der Waals surface area contributed by atoms with Crippen LogP contribution in [0.5, 0.6) is 11.5 Å². The SMILES string of the molecule is COc1ccc(OC)c(Nc2ccc(C(=O)Nc3ccccc3C(C)C)nc2)c1. The fraction of sp³-hybridized carbons (Fsp3) is 0.217. The monoisotopic (exact) mass is 391 g/mol. The standard InChI is InChI=1S/C23H25N3O3/c1-15(2)18-7-5-6-8-19(18)26-23(27)20-11-9-16(14-24-20)25-21-13-17(28-3)10-12-22(21)29-4/h5-15,25H,1-4H3,(H,26,27). The Morgan fingerprint density at radius 2 is 1.76 bits per heavy atom. The molecule has 0 saturated carbocycles. The van der Waals surface area contributed by atoms with Crippen molar-refractivity contribution < 1.29 is 14.3 Å². The lowest BCUT2D eigenvalue weighted by molar-refractivity contribution is 0.102. The topological polar surface area (TPSA) is 72.5 Å². The number of amides is 1. The van der Waals surface area contributed by atoms with Gasteiger partial charge in [-0.05, 0) is 41.8 Å². The van der Waals surface area contributed by atoms with Crippen LogP contribution < -0.4 is 20.1 Å². The molecule has 1 aromatic heterocycles. The molecule has 3 aromatic rings. The van der Waals surface area contributed by atoms with Gasteiger partial charge in [0.25, 0.3) is 5.91 Å². The Hall–Kier alpha value is -3.54. The van der Waals surface area contributed by atoms with Crippen molar-refractivity contribution in [3.63, 3.8) is 0 Å². The molecule has 0 spiro atoms. The third-order valence-electron chi connectivity index (χ3n) is 4.51. The summed E-state index contributed by atoms with van der Waals surface area (Å²) in [5, 5.41) is 6.19. The zero-order chi connectivity index (χ0) is 20.8. The Morgan fingerprint density at radius 1 is 0.966 bits per heavy atom. The van der Waals surface area contributed by atoms with Crippen LogP contribution in [-0.2, 0) is 0 Å². The smallest absolute Gasteiger partial charge is 0.274 e. The maximum atomic E-state index is 12.6. The van der Waals surface area contributed by atoms with Crippen LogP contribution in [0.3, 0.4) is 0 Å². The molecule has 0 fully saturated rings. The van der Waals surface area contributed by atoms with Gasteiger partial charge < -0.3 is 20.1 Å². The fourth-order valence-corrected chi connectivity index (χ4v) is 2.97. The molecular formula is C23H25N3O3. The first kappa shape index (κ1) is 20.2. The number of carbonyl (C=O) groups is 1. The highest BCUT2D eigenvalue weighted by Crippen LogP contribution is 2.31.